The zero-order valence-corrected chi connectivity index (χ0v) is 13.0. The lowest BCUT2D eigenvalue weighted by Crippen LogP contribution is -2.16. The van der Waals surface area contributed by atoms with E-state index in [2.05, 4.69) is 12.2 Å². The number of hydrogen-bond donors (Lipinski definition) is 1. The molecule has 2 nitrogen and oxygen atoms in total. The highest BCUT2D eigenvalue weighted by molar-refractivity contribution is 8.00. The highest BCUT2D eigenvalue weighted by Crippen LogP contribution is 2.24. The summed E-state index contributed by atoms with van der Waals surface area (Å²) in [5, 5.41) is 2.94. The molecule has 110 valence electrons. The van der Waals surface area contributed by atoms with Crippen molar-refractivity contribution in [2.45, 2.75) is 25.2 Å². The predicted molar refractivity (Wildman–Crippen MR) is 86.3 cm³/mol. The van der Waals surface area contributed by atoms with Gasteiger partial charge in [-0.3, -0.25) is 4.79 Å². The summed E-state index contributed by atoms with van der Waals surface area (Å²) < 4.78 is 13.5. The van der Waals surface area contributed by atoms with Crippen LogP contribution in [0.25, 0.3) is 0 Å². The SMILES string of the molecule is CCc1cccc(C)c1NC(=O)CSc1ccccc1F. The van der Waals surface area contributed by atoms with Gasteiger partial charge in [-0.1, -0.05) is 37.3 Å². The topological polar surface area (TPSA) is 29.1 Å². The van der Waals surface area contributed by atoms with Gasteiger partial charge in [-0.25, -0.2) is 4.39 Å². The van der Waals surface area contributed by atoms with Crippen LogP contribution in [0.1, 0.15) is 18.1 Å². The average Bonchev–Trinajstić information content (AvgIpc) is 2.48. The van der Waals surface area contributed by atoms with Crippen molar-refractivity contribution in [1.29, 1.82) is 0 Å². The molecular formula is C17H18FNOS. The standard InChI is InChI=1S/C17H18FNOS/c1-3-13-8-6-7-12(2)17(13)19-16(20)11-21-15-10-5-4-9-14(15)18/h4-10H,3,11H2,1-2H3,(H,19,20). The van der Waals surface area contributed by atoms with Crippen molar-refractivity contribution < 1.29 is 9.18 Å². The van der Waals surface area contributed by atoms with E-state index in [1.54, 1.807) is 18.2 Å². The largest absolute Gasteiger partial charge is 0.325 e. The van der Waals surface area contributed by atoms with Crippen molar-refractivity contribution in [2.75, 3.05) is 11.1 Å². The molecule has 0 atom stereocenters. The van der Waals surface area contributed by atoms with E-state index in [0.717, 1.165) is 23.2 Å². The van der Waals surface area contributed by atoms with Crippen LogP contribution in [0.15, 0.2) is 47.4 Å². The lowest BCUT2D eigenvalue weighted by molar-refractivity contribution is -0.113. The Labute approximate surface area is 128 Å². The van der Waals surface area contributed by atoms with E-state index in [0.29, 0.717) is 4.90 Å². The van der Waals surface area contributed by atoms with Crippen LogP contribution < -0.4 is 5.32 Å². The smallest absolute Gasteiger partial charge is 0.234 e. The van der Waals surface area contributed by atoms with Gasteiger partial charge in [0.2, 0.25) is 5.91 Å². The zero-order chi connectivity index (χ0) is 15.2. The molecule has 4 heteroatoms. The lowest BCUT2D eigenvalue weighted by atomic mass is 10.1. The Hall–Kier alpha value is -1.81. The van der Waals surface area contributed by atoms with Crippen molar-refractivity contribution in [2.24, 2.45) is 0 Å². The molecule has 0 aromatic heterocycles. The number of hydrogen-bond acceptors (Lipinski definition) is 2. The fraction of sp³-hybridized carbons (Fsp3) is 0.235. The summed E-state index contributed by atoms with van der Waals surface area (Å²) in [7, 11) is 0. The Morgan fingerprint density at radius 2 is 1.95 bits per heavy atom. The number of carbonyl (C=O) groups excluding carboxylic acids is 1. The third-order valence-electron chi connectivity index (χ3n) is 3.20. The van der Waals surface area contributed by atoms with Crippen LogP contribution in [-0.4, -0.2) is 11.7 Å². The molecule has 0 saturated heterocycles. The molecule has 1 amide bonds. The van der Waals surface area contributed by atoms with E-state index in [1.807, 2.05) is 25.1 Å². The van der Waals surface area contributed by atoms with Gasteiger partial charge in [-0.05, 0) is 36.6 Å². The van der Waals surface area contributed by atoms with Crippen LogP contribution in [0, 0.1) is 12.7 Å². The number of nitrogens with one attached hydrogen (secondary N) is 1. The van der Waals surface area contributed by atoms with Gasteiger partial charge in [0.25, 0.3) is 0 Å². The number of para-hydroxylation sites is 1. The minimum Gasteiger partial charge on any atom is -0.325 e. The van der Waals surface area contributed by atoms with Gasteiger partial charge in [-0.2, -0.15) is 0 Å². The molecule has 0 saturated carbocycles. The fourth-order valence-corrected chi connectivity index (χ4v) is 2.82. The molecule has 0 aliphatic heterocycles. The first-order chi connectivity index (χ1) is 10.1. The van der Waals surface area contributed by atoms with Gasteiger partial charge in [0, 0.05) is 10.6 Å². The Kier molecular flexibility index (Phi) is 5.39. The molecule has 2 aromatic carbocycles. The van der Waals surface area contributed by atoms with Crippen molar-refractivity contribution in [3.05, 3.63) is 59.4 Å². The first kappa shape index (κ1) is 15.6. The zero-order valence-electron chi connectivity index (χ0n) is 12.2. The third-order valence-corrected chi connectivity index (χ3v) is 4.25. The molecule has 0 unspecified atom stereocenters. The molecule has 2 aromatic rings. The maximum absolute atomic E-state index is 13.5. The average molecular weight is 303 g/mol. The number of rotatable bonds is 5. The maximum atomic E-state index is 13.5. The number of anilines is 1. The molecule has 21 heavy (non-hydrogen) atoms. The van der Waals surface area contributed by atoms with Gasteiger partial charge < -0.3 is 5.32 Å². The number of benzene rings is 2. The van der Waals surface area contributed by atoms with Crippen molar-refractivity contribution in [3.8, 4) is 0 Å². The molecule has 0 heterocycles. The summed E-state index contributed by atoms with van der Waals surface area (Å²) >= 11 is 1.21. The Balaban J connectivity index is 2.01. The molecule has 2 rings (SSSR count). The quantitative estimate of drug-likeness (QED) is 0.828. The summed E-state index contributed by atoms with van der Waals surface area (Å²) in [6.07, 6.45) is 0.859. The first-order valence-corrected chi connectivity index (χ1v) is 7.86. The van der Waals surface area contributed by atoms with Crippen molar-refractivity contribution >= 4 is 23.4 Å². The minimum atomic E-state index is -0.291. The van der Waals surface area contributed by atoms with Gasteiger partial charge >= 0.3 is 0 Å². The van der Waals surface area contributed by atoms with Crippen molar-refractivity contribution in [1.82, 2.24) is 0 Å². The fourth-order valence-electron chi connectivity index (χ4n) is 2.08. The Bertz CT molecular complexity index is 642. The minimum absolute atomic E-state index is 0.118. The Morgan fingerprint density at radius 3 is 2.67 bits per heavy atom. The second kappa shape index (κ2) is 7.27. The Morgan fingerprint density at radius 1 is 1.19 bits per heavy atom. The highest BCUT2D eigenvalue weighted by atomic mass is 32.2. The predicted octanol–water partition coefficient (Wildman–Crippen LogP) is 4.43. The van der Waals surface area contributed by atoms with E-state index in [1.165, 1.54) is 17.8 Å². The molecule has 0 aliphatic carbocycles. The van der Waals surface area contributed by atoms with Crippen LogP contribution in [-0.2, 0) is 11.2 Å². The van der Waals surface area contributed by atoms with Gasteiger partial charge in [0.05, 0.1) is 5.75 Å². The molecule has 0 fully saturated rings. The van der Waals surface area contributed by atoms with E-state index >= 15 is 0 Å². The molecule has 0 aliphatic rings. The van der Waals surface area contributed by atoms with E-state index in [4.69, 9.17) is 0 Å². The normalized spacial score (nSPS) is 10.4. The molecule has 0 spiro atoms. The van der Waals surface area contributed by atoms with Crippen molar-refractivity contribution in [3.63, 3.8) is 0 Å². The molecule has 1 N–H and O–H groups in total. The number of aryl methyl sites for hydroxylation is 2. The molecule has 0 bridgehead atoms. The summed E-state index contributed by atoms with van der Waals surface area (Å²) in [6.45, 7) is 4.03. The van der Waals surface area contributed by atoms with Gasteiger partial charge in [-0.15, -0.1) is 11.8 Å². The third kappa shape index (κ3) is 4.08. The number of amides is 1. The maximum Gasteiger partial charge on any atom is 0.234 e. The van der Waals surface area contributed by atoms with Crippen LogP contribution in [0.5, 0.6) is 0 Å². The van der Waals surface area contributed by atoms with Crippen LogP contribution in [0.3, 0.4) is 0 Å². The van der Waals surface area contributed by atoms with E-state index in [9.17, 15) is 9.18 Å². The first-order valence-electron chi connectivity index (χ1n) is 6.87. The monoisotopic (exact) mass is 303 g/mol. The summed E-state index contributed by atoms with van der Waals surface area (Å²) in [5.74, 6) is -0.217. The highest BCUT2D eigenvalue weighted by Gasteiger charge is 2.10. The summed E-state index contributed by atoms with van der Waals surface area (Å²) in [6, 6.07) is 12.4. The van der Waals surface area contributed by atoms with Gasteiger partial charge in [0.1, 0.15) is 5.82 Å². The number of thioether (sulfide) groups is 1. The molecular weight excluding hydrogens is 285 g/mol. The van der Waals surface area contributed by atoms with Crippen LogP contribution in [0.2, 0.25) is 0 Å². The summed E-state index contributed by atoms with van der Waals surface area (Å²) in [4.78, 5) is 12.6. The number of halogens is 1. The second-order valence-electron chi connectivity index (χ2n) is 4.73. The van der Waals surface area contributed by atoms with Gasteiger partial charge in [0.15, 0.2) is 0 Å². The number of carbonyl (C=O) groups is 1. The van der Waals surface area contributed by atoms with Crippen LogP contribution >= 0.6 is 11.8 Å². The second-order valence-corrected chi connectivity index (χ2v) is 5.75. The lowest BCUT2D eigenvalue weighted by Gasteiger charge is -2.12. The van der Waals surface area contributed by atoms with Crippen LogP contribution in [0.4, 0.5) is 10.1 Å². The van der Waals surface area contributed by atoms with E-state index in [-0.39, 0.29) is 17.5 Å². The molecule has 0 radical (unpaired) electrons. The van der Waals surface area contributed by atoms with E-state index < -0.39 is 0 Å². The summed E-state index contributed by atoms with van der Waals surface area (Å²) in [5.41, 5.74) is 3.02.